The molecule has 5 rings (SSSR count). The molecule has 210 valence electrons. The van der Waals surface area contributed by atoms with Gasteiger partial charge in [-0.2, -0.15) is 5.26 Å². The van der Waals surface area contributed by atoms with Gasteiger partial charge < -0.3 is 31.5 Å². The van der Waals surface area contributed by atoms with Gasteiger partial charge in [0.2, 0.25) is 0 Å². The van der Waals surface area contributed by atoms with Crippen LogP contribution in [0.1, 0.15) is 42.1 Å². The first-order chi connectivity index (χ1) is 19.9. The van der Waals surface area contributed by atoms with Crippen molar-refractivity contribution in [3.05, 3.63) is 107 Å². The second kappa shape index (κ2) is 12.4. The number of pyridine rings is 2. The van der Waals surface area contributed by atoms with Gasteiger partial charge in [0.1, 0.15) is 11.7 Å². The Hall–Kier alpha value is -4.36. The van der Waals surface area contributed by atoms with Crippen LogP contribution in [0.2, 0.25) is 5.02 Å². The highest BCUT2D eigenvalue weighted by molar-refractivity contribution is 6.35. The zero-order valence-corrected chi connectivity index (χ0v) is 23.4. The number of nitrogens with zero attached hydrogens (tertiary/aromatic N) is 3. The molecule has 0 bridgehead atoms. The third-order valence-corrected chi connectivity index (χ3v) is 7.37. The Morgan fingerprint density at radius 3 is 2.61 bits per heavy atom. The lowest BCUT2D eigenvalue weighted by Gasteiger charge is -2.36. The summed E-state index contributed by atoms with van der Waals surface area (Å²) in [6.45, 7) is 2.98. The van der Waals surface area contributed by atoms with Crippen molar-refractivity contribution in [3.8, 4) is 6.07 Å². The highest BCUT2D eigenvalue weighted by atomic mass is 35.5. The van der Waals surface area contributed by atoms with Gasteiger partial charge in [-0.1, -0.05) is 54.9 Å². The zero-order chi connectivity index (χ0) is 28.8. The predicted molar refractivity (Wildman–Crippen MR) is 161 cm³/mol. The quantitative estimate of drug-likeness (QED) is 0.168. The smallest absolute Gasteiger partial charge is 0.128 e. The molecule has 1 fully saturated rings. The fourth-order valence-corrected chi connectivity index (χ4v) is 5.09. The Bertz CT molecular complexity index is 1570. The zero-order valence-electron chi connectivity index (χ0n) is 22.6. The highest BCUT2D eigenvalue weighted by Crippen LogP contribution is 2.37. The monoisotopic (exact) mass is 569 g/mol. The number of nitrogens with one attached hydrogen (secondary N) is 3. The molecule has 10 heteroatoms. The van der Waals surface area contributed by atoms with E-state index < -0.39 is 11.6 Å². The van der Waals surface area contributed by atoms with Gasteiger partial charge in [0.05, 0.1) is 52.8 Å². The van der Waals surface area contributed by atoms with E-state index in [0.29, 0.717) is 45.1 Å². The Balaban J connectivity index is 1.51. The number of halogens is 1. The molecule has 2 aromatic heterocycles. The third-order valence-electron chi connectivity index (χ3n) is 7.08. The van der Waals surface area contributed by atoms with Crippen molar-refractivity contribution in [1.82, 2.24) is 15.3 Å². The second-order valence-corrected chi connectivity index (χ2v) is 10.5. The van der Waals surface area contributed by atoms with Crippen molar-refractivity contribution in [1.29, 1.82) is 5.26 Å². The van der Waals surface area contributed by atoms with Crippen molar-refractivity contribution < 1.29 is 9.84 Å². The summed E-state index contributed by atoms with van der Waals surface area (Å²) in [5, 5.41) is 31.6. The summed E-state index contributed by atoms with van der Waals surface area (Å²) in [5.74, 6) is 0. The minimum atomic E-state index is -0.898. The number of fused-ring (bicyclic) bond motifs is 1. The van der Waals surface area contributed by atoms with Crippen LogP contribution in [-0.2, 0) is 4.74 Å². The molecule has 6 N–H and O–H groups in total. The minimum absolute atomic E-state index is 0.0204. The summed E-state index contributed by atoms with van der Waals surface area (Å²) in [6, 6.07) is 19.4. The number of anilines is 2. The van der Waals surface area contributed by atoms with Gasteiger partial charge in [0.25, 0.3) is 0 Å². The number of hydrogen-bond acceptors (Lipinski definition) is 9. The molecule has 2 unspecified atom stereocenters. The fourth-order valence-electron chi connectivity index (χ4n) is 4.82. The summed E-state index contributed by atoms with van der Waals surface area (Å²) >= 11 is 6.76. The average Bonchev–Trinajstić information content (AvgIpc) is 2.98. The molecule has 0 aliphatic carbocycles. The van der Waals surface area contributed by atoms with Crippen molar-refractivity contribution in [2.75, 3.05) is 30.4 Å². The van der Waals surface area contributed by atoms with Crippen molar-refractivity contribution in [2.45, 2.75) is 31.0 Å². The molecular formula is C31H32ClN7O2. The lowest BCUT2D eigenvalue weighted by molar-refractivity contribution is -0.173. The number of nitriles is 1. The Kier molecular flexibility index (Phi) is 8.55. The Labute approximate surface area is 244 Å². The normalized spacial score (nSPS) is 15.8. The SMILES string of the molecule is CCC(Nc1c(C#N)cnc2c(Cl)cc(NC(/C(N)=C/NCC3(O)COC3)c3cccnc3)cc12)c1ccccc1. The molecule has 3 heterocycles. The summed E-state index contributed by atoms with van der Waals surface area (Å²) in [6.07, 6.45) is 7.47. The molecule has 1 aliphatic heterocycles. The maximum Gasteiger partial charge on any atom is 0.128 e. The topological polar surface area (TPSA) is 141 Å². The largest absolute Gasteiger partial charge is 0.399 e. The molecule has 41 heavy (non-hydrogen) atoms. The molecule has 2 aromatic carbocycles. The Morgan fingerprint density at radius 2 is 1.95 bits per heavy atom. The van der Waals surface area contributed by atoms with E-state index in [1.54, 1.807) is 30.9 Å². The average molecular weight is 570 g/mol. The van der Waals surface area contributed by atoms with Gasteiger partial charge in [0.15, 0.2) is 0 Å². The molecule has 0 amide bonds. The lowest BCUT2D eigenvalue weighted by atomic mass is 10.0. The van der Waals surface area contributed by atoms with Crippen LogP contribution >= 0.6 is 11.6 Å². The number of aromatic nitrogens is 2. The molecule has 1 saturated heterocycles. The van der Waals surface area contributed by atoms with Gasteiger partial charge in [-0.15, -0.1) is 0 Å². The molecular weight excluding hydrogens is 538 g/mol. The fraction of sp³-hybridized carbons (Fsp3) is 0.258. The summed E-state index contributed by atoms with van der Waals surface area (Å²) < 4.78 is 5.11. The third kappa shape index (κ3) is 6.36. The van der Waals surface area contributed by atoms with Gasteiger partial charge >= 0.3 is 0 Å². The van der Waals surface area contributed by atoms with E-state index in [9.17, 15) is 10.4 Å². The molecule has 1 aliphatic rings. The minimum Gasteiger partial charge on any atom is -0.399 e. The van der Waals surface area contributed by atoms with E-state index in [-0.39, 0.29) is 19.3 Å². The highest BCUT2D eigenvalue weighted by Gasteiger charge is 2.35. The maximum atomic E-state index is 10.3. The molecule has 0 spiro atoms. The van der Waals surface area contributed by atoms with E-state index in [1.807, 2.05) is 36.4 Å². The van der Waals surface area contributed by atoms with Crippen molar-refractivity contribution in [3.63, 3.8) is 0 Å². The summed E-state index contributed by atoms with van der Waals surface area (Å²) in [7, 11) is 0. The van der Waals surface area contributed by atoms with E-state index in [0.717, 1.165) is 17.5 Å². The first-order valence-electron chi connectivity index (χ1n) is 13.4. The summed E-state index contributed by atoms with van der Waals surface area (Å²) in [4.78, 5) is 8.76. The molecule has 0 saturated carbocycles. The molecule has 2 atom stereocenters. The predicted octanol–water partition coefficient (Wildman–Crippen LogP) is 5.02. The number of hydrogen-bond donors (Lipinski definition) is 5. The first-order valence-corrected chi connectivity index (χ1v) is 13.8. The van der Waals surface area contributed by atoms with Gasteiger partial charge in [-0.3, -0.25) is 9.97 Å². The van der Waals surface area contributed by atoms with Crippen LogP contribution in [0.15, 0.2) is 85.1 Å². The summed E-state index contributed by atoms with van der Waals surface area (Å²) in [5.41, 5.74) is 10.4. The molecule has 9 nitrogen and oxygen atoms in total. The van der Waals surface area contributed by atoms with E-state index in [1.165, 1.54) is 0 Å². The van der Waals surface area contributed by atoms with Crippen molar-refractivity contribution in [2.24, 2.45) is 5.73 Å². The van der Waals surface area contributed by atoms with Crippen LogP contribution in [0.25, 0.3) is 10.9 Å². The molecule has 4 aromatic rings. The second-order valence-electron chi connectivity index (χ2n) is 10.1. The van der Waals surface area contributed by atoms with E-state index in [4.69, 9.17) is 22.1 Å². The standard InChI is InChI=1S/C31H32ClN7O2/c1-2-27(20-7-4-3-5-8-20)39-28-22(13-33)15-37-30-24(28)11-23(12-25(30)32)38-29(21-9-6-10-35-14-21)26(34)16-36-17-31(40)18-41-19-31/h3-12,14-16,27,29,36,38,40H,2,17-19,34H2,1H3,(H,37,39)/b26-16-. The van der Waals surface area contributed by atoms with Crippen molar-refractivity contribution >= 4 is 33.9 Å². The maximum absolute atomic E-state index is 10.3. The molecule has 0 radical (unpaired) electrons. The number of rotatable bonds is 11. The van der Waals surface area contributed by atoms with Crippen LogP contribution in [-0.4, -0.2) is 40.4 Å². The number of nitrogens with two attached hydrogens (primary N) is 1. The van der Waals surface area contributed by atoms with Crippen LogP contribution < -0.4 is 21.7 Å². The van der Waals surface area contributed by atoms with Gasteiger partial charge in [-0.05, 0) is 35.7 Å². The van der Waals surface area contributed by atoms with Crippen LogP contribution in [0.5, 0.6) is 0 Å². The van der Waals surface area contributed by atoms with Crippen LogP contribution in [0.4, 0.5) is 11.4 Å². The number of aliphatic hydroxyl groups is 1. The van der Waals surface area contributed by atoms with E-state index in [2.05, 4.69) is 51.0 Å². The number of ether oxygens (including phenoxy) is 1. The van der Waals surface area contributed by atoms with Crippen LogP contribution in [0, 0.1) is 11.3 Å². The van der Waals surface area contributed by atoms with Gasteiger partial charge in [-0.25, -0.2) is 0 Å². The first kappa shape index (κ1) is 28.2. The van der Waals surface area contributed by atoms with Crippen LogP contribution in [0.3, 0.4) is 0 Å². The Morgan fingerprint density at radius 1 is 1.17 bits per heavy atom. The lowest BCUT2D eigenvalue weighted by Crippen LogP contribution is -2.55. The van der Waals surface area contributed by atoms with E-state index >= 15 is 0 Å². The van der Waals surface area contributed by atoms with Gasteiger partial charge in [0, 0.05) is 42.4 Å². The number of benzene rings is 2.